The molecule has 0 spiro atoms. The Morgan fingerprint density at radius 1 is 1.11 bits per heavy atom. The molecule has 0 fully saturated rings. The summed E-state index contributed by atoms with van der Waals surface area (Å²) in [5, 5.41) is 8.05. The number of benzene rings is 2. The third kappa shape index (κ3) is 4.88. The van der Waals surface area contributed by atoms with Crippen LogP contribution in [0.2, 0.25) is 0 Å². The molecule has 146 valence electrons. The van der Waals surface area contributed by atoms with Crippen LogP contribution in [0.4, 0.5) is 21.9 Å². The van der Waals surface area contributed by atoms with E-state index < -0.39 is 6.03 Å². The van der Waals surface area contributed by atoms with Crippen molar-refractivity contribution in [1.29, 1.82) is 0 Å². The molecule has 1 heterocycles. The lowest BCUT2D eigenvalue weighted by Gasteiger charge is -2.29. The summed E-state index contributed by atoms with van der Waals surface area (Å²) < 4.78 is 0. The third-order valence-corrected chi connectivity index (χ3v) is 4.47. The Bertz CT molecular complexity index is 864. The van der Waals surface area contributed by atoms with Gasteiger partial charge in [-0.3, -0.25) is 14.5 Å². The molecule has 0 bridgehead atoms. The van der Waals surface area contributed by atoms with Crippen LogP contribution in [-0.4, -0.2) is 30.9 Å². The predicted octanol–water partition coefficient (Wildman–Crippen LogP) is 3.14. The van der Waals surface area contributed by atoms with Gasteiger partial charge in [-0.2, -0.15) is 0 Å². The highest BCUT2D eigenvalue weighted by Crippen LogP contribution is 2.28. The summed E-state index contributed by atoms with van der Waals surface area (Å²) in [4.78, 5) is 37.7. The molecule has 2 aromatic carbocycles. The molecule has 0 saturated heterocycles. The number of para-hydroxylation sites is 2. The van der Waals surface area contributed by atoms with Crippen LogP contribution < -0.4 is 20.9 Å². The van der Waals surface area contributed by atoms with Crippen LogP contribution in [0.15, 0.2) is 48.5 Å². The first-order valence-corrected chi connectivity index (χ1v) is 9.40. The maximum atomic E-state index is 12.5. The molecular weight excluding hydrogens is 356 g/mol. The third-order valence-electron chi connectivity index (χ3n) is 4.47. The molecular formula is C21H24N4O3. The Labute approximate surface area is 164 Å². The molecule has 3 N–H and O–H groups in total. The minimum absolute atomic E-state index is 0.0936. The summed E-state index contributed by atoms with van der Waals surface area (Å²) in [5.41, 5.74) is 3.08. The smallest absolute Gasteiger partial charge is 0.322 e. The Kier molecular flexibility index (Phi) is 6.26. The number of fused-ring (bicyclic) bond motifs is 1. The average Bonchev–Trinajstić information content (AvgIpc) is 2.71. The highest BCUT2D eigenvalue weighted by atomic mass is 16.2. The average molecular weight is 380 g/mol. The number of nitrogens with zero attached hydrogens (tertiary/aromatic N) is 1. The van der Waals surface area contributed by atoms with E-state index in [1.165, 1.54) is 10.5 Å². The predicted molar refractivity (Wildman–Crippen MR) is 110 cm³/mol. The van der Waals surface area contributed by atoms with E-state index in [2.05, 4.69) is 22.9 Å². The molecule has 0 unspecified atom stereocenters. The molecule has 4 amide bonds. The number of urea groups is 1. The van der Waals surface area contributed by atoms with Gasteiger partial charge in [-0.15, -0.1) is 0 Å². The largest absolute Gasteiger partial charge is 0.329 e. The second-order valence-electron chi connectivity index (χ2n) is 6.66. The van der Waals surface area contributed by atoms with E-state index in [0.717, 1.165) is 19.3 Å². The molecule has 0 atom stereocenters. The number of hydrogen-bond donors (Lipinski definition) is 3. The van der Waals surface area contributed by atoms with Crippen molar-refractivity contribution in [2.45, 2.75) is 26.2 Å². The fraction of sp³-hybridized carbons (Fsp3) is 0.286. The van der Waals surface area contributed by atoms with Crippen LogP contribution in [0.3, 0.4) is 0 Å². The fourth-order valence-electron chi connectivity index (χ4n) is 3.01. The van der Waals surface area contributed by atoms with Crippen LogP contribution in [0.5, 0.6) is 0 Å². The monoisotopic (exact) mass is 380 g/mol. The summed E-state index contributed by atoms with van der Waals surface area (Å²) in [7, 11) is 0. The summed E-state index contributed by atoms with van der Waals surface area (Å²) in [5.74, 6) is -0.606. The first-order chi connectivity index (χ1) is 13.6. The first-order valence-electron chi connectivity index (χ1n) is 9.40. The number of amides is 4. The van der Waals surface area contributed by atoms with Gasteiger partial charge in [0.2, 0.25) is 11.8 Å². The molecule has 0 aromatic heterocycles. The number of aryl methyl sites for hydroxylation is 1. The number of carbonyl (C=O) groups is 3. The van der Waals surface area contributed by atoms with Gasteiger partial charge >= 0.3 is 6.03 Å². The van der Waals surface area contributed by atoms with Gasteiger partial charge in [0.25, 0.3) is 0 Å². The van der Waals surface area contributed by atoms with Crippen molar-refractivity contribution in [3.63, 3.8) is 0 Å². The van der Waals surface area contributed by atoms with Gasteiger partial charge in [0, 0.05) is 5.69 Å². The Morgan fingerprint density at radius 3 is 2.61 bits per heavy atom. The lowest BCUT2D eigenvalue weighted by Crippen LogP contribution is -2.48. The lowest BCUT2D eigenvalue weighted by atomic mass is 10.1. The van der Waals surface area contributed by atoms with Gasteiger partial charge in [0.15, 0.2) is 0 Å². The molecule has 0 saturated carbocycles. The molecule has 0 aliphatic carbocycles. The quantitative estimate of drug-likeness (QED) is 0.719. The van der Waals surface area contributed by atoms with Crippen LogP contribution in [0.25, 0.3) is 0 Å². The van der Waals surface area contributed by atoms with E-state index in [4.69, 9.17) is 0 Å². The minimum Gasteiger partial charge on any atom is -0.329 e. The normalized spacial score (nSPS) is 12.8. The molecule has 0 radical (unpaired) electrons. The van der Waals surface area contributed by atoms with Crippen LogP contribution in [0.1, 0.15) is 25.3 Å². The molecule has 7 nitrogen and oxygen atoms in total. The van der Waals surface area contributed by atoms with Gasteiger partial charge in [-0.05, 0) is 42.7 Å². The van der Waals surface area contributed by atoms with Crippen LogP contribution >= 0.6 is 0 Å². The summed E-state index contributed by atoms with van der Waals surface area (Å²) >= 11 is 0. The Hall–Kier alpha value is -3.35. The molecule has 3 rings (SSSR count). The van der Waals surface area contributed by atoms with Crippen molar-refractivity contribution in [2.24, 2.45) is 0 Å². The molecule has 28 heavy (non-hydrogen) atoms. The van der Waals surface area contributed by atoms with Gasteiger partial charge in [0.1, 0.15) is 6.54 Å². The zero-order valence-corrected chi connectivity index (χ0v) is 15.8. The minimum atomic E-state index is -0.493. The number of anilines is 3. The van der Waals surface area contributed by atoms with Crippen molar-refractivity contribution in [1.82, 2.24) is 5.32 Å². The summed E-state index contributed by atoms with van der Waals surface area (Å²) in [6.07, 6.45) is 3.29. The summed E-state index contributed by atoms with van der Waals surface area (Å²) in [6.45, 7) is 1.87. The molecule has 2 aromatic rings. The number of nitrogens with one attached hydrogen (secondary N) is 3. The topological polar surface area (TPSA) is 90.5 Å². The maximum absolute atomic E-state index is 12.5. The maximum Gasteiger partial charge on any atom is 0.322 e. The standard InChI is InChI=1S/C21H24N4O3/c1-2-3-6-15-9-11-16(12-10-15)23-19(26)13-22-21(28)25-14-20(27)24-17-7-4-5-8-18(17)25/h4-5,7-12H,2-3,6,13-14H2,1H3,(H,22,28)(H,23,26)(H,24,27). The second-order valence-corrected chi connectivity index (χ2v) is 6.66. The fourth-order valence-corrected chi connectivity index (χ4v) is 3.01. The van der Waals surface area contributed by atoms with E-state index in [1.54, 1.807) is 24.3 Å². The van der Waals surface area contributed by atoms with Crippen molar-refractivity contribution in [2.75, 3.05) is 28.6 Å². The van der Waals surface area contributed by atoms with E-state index in [9.17, 15) is 14.4 Å². The molecule has 1 aliphatic heterocycles. The molecule has 7 heteroatoms. The van der Waals surface area contributed by atoms with E-state index in [-0.39, 0.29) is 24.9 Å². The number of unbranched alkanes of at least 4 members (excludes halogenated alkanes) is 1. The van der Waals surface area contributed by atoms with E-state index in [0.29, 0.717) is 17.1 Å². The van der Waals surface area contributed by atoms with Crippen LogP contribution in [0, 0.1) is 0 Å². The van der Waals surface area contributed by atoms with Crippen molar-refractivity contribution >= 4 is 34.9 Å². The van der Waals surface area contributed by atoms with E-state index in [1.807, 2.05) is 24.3 Å². The summed E-state index contributed by atoms with van der Waals surface area (Å²) in [6, 6.07) is 14.2. The van der Waals surface area contributed by atoms with Gasteiger partial charge < -0.3 is 16.0 Å². The number of rotatable bonds is 6. The highest BCUT2D eigenvalue weighted by Gasteiger charge is 2.26. The molecule has 1 aliphatic rings. The van der Waals surface area contributed by atoms with Crippen LogP contribution in [-0.2, 0) is 16.0 Å². The lowest BCUT2D eigenvalue weighted by molar-refractivity contribution is -0.115. The van der Waals surface area contributed by atoms with Crippen molar-refractivity contribution in [3.8, 4) is 0 Å². The zero-order chi connectivity index (χ0) is 19.9. The van der Waals surface area contributed by atoms with Gasteiger partial charge in [-0.1, -0.05) is 37.6 Å². The zero-order valence-electron chi connectivity index (χ0n) is 15.8. The Morgan fingerprint density at radius 2 is 1.86 bits per heavy atom. The van der Waals surface area contributed by atoms with Gasteiger partial charge in [-0.25, -0.2) is 4.79 Å². The number of carbonyl (C=O) groups excluding carboxylic acids is 3. The van der Waals surface area contributed by atoms with Crippen molar-refractivity contribution < 1.29 is 14.4 Å². The van der Waals surface area contributed by atoms with Gasteiger partial charge in [0.05, 0.1) is 17.9 Å². The van der Waals surface area contributed by atoms with E-state index >= 15 is 0 Å². The SMILES string of the molecule is CCCCc1ccc(NC(=O)CNC(=O)N2CC(=O)Nc3ccccc32)cc1. The first kappa shape index (κ1) is 19.4. The highest BCUT2D eigenvalue weighted by molar-refractivity contribution is 6.10. The van der Waals surface area contributed by atoms with Crippen molar-refractivity contribution in [3.05, 3.63) is 54.1 Å². The second kappa shape index (κ2) is 9.03. The Balaban J connectivity index is 1.53. The number of hydrogen-bond acceptors (Lipinski definition) is 3.